The van der Waals surface area contributed by atoms with E-state index in [1.807, 2.05) is 13.8 Å². The van der Waals surface area contributed by atoms with Crippen LogP contribution in [0.1, 0.15) is 38.3 Å². The fraction of sp³-hybridized carbons (Fsp3) is 0.333. The molecule has 214 valence electrons. The minimum Gasteiger partial charge on any atom is -0.497 e. The van der Waals surface area contributed by atoms with E-state index in [1.165, 1.54) is 23.1 Å². The first kappa shape index (κ1) is 31.0. The average Bonchev–Trinajstić information content (AvgIpc) is 2.96. The van der Waals surface area contributed by atoms with Crippen LogP contribution in [-0.2, 0) is 26.2 Å². The normalized spacial score (nSPS) is 12.8. The molecular weight excluding hydrogens is 550 g/mol. The summed E-state index contributed by atoms with van der Waals surface area (Å²) in [5.41, 5.74) is 1.67. The van der Waals surface area contributed by atoms with Crippen molar-refractivity contribution in [3.05, 3.63) is 88.9 Å². The summed E-state index contributed by atoms with van der Waals surface area (Å²) in [7, 11) is -2.60. The van der Waals surface area contributed by atoms with E-state index in [4.69, 9.17) is 16.3 Å². The summed E-state index contributed by atoms with van der Waals surface area (Å²) in [5, 5.41) is 3.26. The number of carbonyl (C=O) groups excluding carboxylic acids is 2. The van der Waals surface area contributed by atoms with Gasteiger partial charge in [-0.05, 0) is 74.7 Å². The highest BCUT2D eigenvalue weighted by molar-refractivity contribution is 7.92. The van der Waals surface area contributed by atoms with Crippen LogP contribution in [0.15, 0.2) is 77.7 Å². The maximum atomic E-state index is 14.0. The Kier molecular flexibility index (Phi) is 10.6. The minimum absolute atomic E-state index is 0.0337. The Hall–Kier alpha value is -3.56. The molecule has 0 saturated carbocycles. The number of nitrogens with one attached hydrogen (secondary N) is 1. The molecule has 0 spiro atoms. The molecule has 3 aromatic carbocycles. The third-order valence-corrected chi connectivity index (χ3v) is 8.74. The van der Waals surface area contributed by atoms with Crippen LogP contribution >= 0.6 is 11.6 Å². The van der Waals surface area contributed by atoms with Crippen LogP contribution in [0.4, 0.5) is 5.69 Å². The molecule has 0 aliphatic rings. The van der Waals surface area contributed by atoms with Gasteiger partial charge in [0.2, 0.25) is 11.8 Å². The van der Waals surface area contributed by atoms with E-state index in [1.54, 1.807) is 75.6 Å². The Morgan fingerprint density at radius 1 is 1.00 bits per heavy atom. The number of sulfonamides is 1. The second-order valence-corrected chi connectivity index (χ2v) is 11.9. The molecular formula is C30H36ClN3O5S. The van der Waals surface area contributed by atoms with Crippen LogP contribution in [0, 0.1) is 6.92 Å². The summed E-state index contributed by atoms with van der Waals surface area (Å²) in [6.07, 6.45) is 0.724. The van der Waals surface area contributed by atoms with Gasteiger partial charge in [-0.3, -0.25) is 13.9 Å². The van der Waals surface area contributed by atoms with Crippen molar-refractivity contribution in [3.8, 4) is 5.75 Å². The first-order valence-electron chi connectivity index (χ1n) is 13.0. The number of anilines is 1. The summed E-state index contributed by atoms with van der Waals surface area (Å²) in [4.78, 5) is 28.6. The fourth-order valence-corrected chi connectivity index (χ4v) is 5.72. The number of hydrogen-bond donors (Lipinski definition) is 1. The SMILES string of the molecule is CC[C@@H](C)NC(=O)[C@@H](C)N(Cc1ccc(OC)cc1)C(=O)CN(c1cc(Cl)ccc1C)S(=O)(=O)c1ccccc1. The van der Waals surface area contributed by atoms with E-state index in [9.17, 15) is 18.0 Å². The number of methoxy groups -OCH3 is 1. The van der Waals surface area contributed by atoms with Gasteiger partial charge >= 0.3 is 0 Å². The van der Waals surface area contributed by atoms with Crippen molar-refractivity contribution in [1.82, 2.24) is 10.2 Å². The number of halogens is 1. The lowest BCUT2D eigenvalue weighted by Gasteiger charge is -2.33. The number of amides is 2. The van der Waals surface area contributed by atoms with Crippen LogP contribution in [0.5, 0.6) is 5.75 Å². The number of ether oxygens (including phenoxy) is 1. The van der Waals surface area contributed by atoms with Crippen LogP contribution in [-0.4, -0.2) is 50.9 Å². The van der Waals surface area contributed by atoms with Gasteiger partial charge in [0.1, 0.15) is 18.3 Å². The van der Waals surface area contributed by atoms with Gasteiger partial charge in [-0.2, -0.15) is 0 Å². The number of aryl methyl sites for hydroxylation is 1. The number of nitrogens with zero attached hydrogens (tertiary/aromatic N) is 2. The zero-order valence-electron chi connectivity index (χ0n) is 23.4. The molecule has 0 aromatic heterocycles. The number of carbonyl (C=O) groups is 2. The average molecular weight is 586 g/mol. The molecule has 0 bridgehead atoms. The maximum Gasteiger partial charge on any atom is 0.264 e. The maximum absolute atomic E-state index is 14.0. The fourth-order valence-electron chi connectivity index (χ4n) is 4.06. The quantitative estimate of drug-likeness (QED) is 0.316. The van der Waals surface area contributed by atoms with E-state index in [-0.39, 0.29) is 29.1 Å². The molecule has 8 nitrogen and oxygen atoms in total. The van der Waals surface area contributed by atoms with Gasteiger partial charge in [-0.25, -0.2) is 8.42 Å². The summed E-state index contributed by atoms with van der Waals surface area (Å²) < 4.78 is 34.1. The lowest BCUT2D eigenvalue weighted by molar-refractivity contribution is -0.139. The Balaban J connectivity index is 2.05. The van der Waals surface area contributed by atoms with E-state index in [0.29, 0.717) is 16.3 Å². The molecule has 0 unspecified atom stereocenters. The first-order valence-corrected chi connectivity index (χ1v) is 14.9. The van der Waals surface area contributed by atoms with Gasteiger partial charge in [-0.1, -0.05) is 54.9 Å². The Morgan fingerprint density at radius 2 is 1.65 bits per heavy atom. The van der Waals surface area contributed by atoms with Crippen LogP contribution in [0.3, 0.4) is 0 Å². The molecule has 1 N–H and O–H groups in total. The molecule has 3 rings (SSSR count). The number of benzene rings is 3. The smallest absolute Gasteiger partial charge is 0.264 e. The molecule has 10 heteroatoms. The monoisotopic (exact) mass is 585 g/mol. The predicted octanol–water partition coefficient (Wildman–Crippen LogP) is 5.18. The molecule has 0 fully saturated rings. The Labute approximate surface area is 241 Å². The third kappa shape index (κ3) is 7.55. The molecule has 40 heavy (non-hydrogen) atoms. The molecule has 0 radical (unpaired) electrons. The standard InChI is InChI=1S/C30H36ClN3O5S/c1-6-22(3)32-30(36)23(4)33(19-24-13-16-26(39-5)17-14-24)29(35)20-34(28-18-25(31)15-12-21(28)2)40(37,38)27-10-8-7-9-11-27/h7-18,22-23H,6,19-20H2,1-5H3,(H,32,36)/t22-,23-/m1/s1. The minimum atomic E-state index is -4.16. The highest BCUT2D eigenvalue weighted by atomic mass is 35.5. The highest BCUT2D eigenvalue weighted by Gasteiger charge is 2.33. The Morgan fingerprint density at radius 3 is 2.25 bits per heavy atom. The van der Waals surface area contributed by atoms with Crippen molar-refractivity contribution in [2.75, 3.05) is 18.0 Å². The predicted molar refractivity (Wildman–Crippen MR) is 158 cm³/mol. The zero-order valence-corrected chi connectivity index (χ0v) is 25.0. The lowest BCUT2D eigenvalue weighted by Crippen LogP contribution is -2.52. The lowest BCUT2D eigenvalue weighted by atomic mass is 10.1. The molecule has 0 aliphatic carbocycles. The van der Waals surface area contributed by atoms with Crippen molar-refractivity contribution in [1.29, 1.82) is 0 Å². The van der Waals surface area contributed by atoms with Crippen LogP contribution < -0.4 is 14.4 Å². The van der Waals surface area contributed by atoms with Crippen LogP contribution in [0.2, 0.25) is 5.02 Å². The largest absolute Gasteiger partial charge is 0.497 e. The molecule has 2 amide bonds. The third-order valence-electron chi connectivity index (χ3n) is 6.73. The molecule has 0 saturated heterocycles. The number of hydrogen-bond acceptors (Lipinski definition) is 5. The summed E-state index contributed by atoms with van der Waals surface area (Å²) >= 11 is 6.26. The van der Waals surface area contributed by atoms with Crippen molar-refractivity contribution in [3.63, 3.8) is 0 Å². The molecule has 3 aromatic rings. The first-order chi connectivity index (χ1) is 19.0. The van der Waals surface area contributed by atoms with Crippen molar-refractivity contribution >= 4 is 39.1 Å². The second-order valence-electron chi connectivity index (χ2n) is 9.62. The van der Waals surface area contributed by atoms with Gasteiger partial charge in [-0.15, -0.1) is 0 Å². The molecule has 0 aliphatic heterocycles. The second kappa shape index (κ2) is 13.7. The summed E-state index contributed by atoms with van der Waals surface area (Å²) in [5.74, 6) is -0.213. The van der Waals surface area contributed by atoms with E-state index >= 15 is 0 Å². The Bertz CT molecular complexity index is 1420. The highest BCUT2D eigenvalue weighted by Crippen LogP contribution is 2.30. The van der Waals surface area contributed by atoms with Gasteiger partial charge in [0.15, 0.2) is 0 Å². The number of rotatable bonds is 12. The van der Waals surface area contributed by atoms with Gasteiger partial charge in [0.05, 0.1) is 17.7 Å². The van der Waals surface area contributed by atoms with Gasteiger partial charge < -0.3 is 15.0 Å². The van der Waals surface area contributed by atoms with E-state index in [0.717, 1.165) is 16.3 Å². The van der Waals surface area contributed by atoms with Crippen molar-refractivity contribution < 1.29 is 22.7 Å². The molecule has 2 atom stereocenters. The summed E-state index contributed by atoms with van der Waals surface area (Å²) in [6, 6.07) is 19.0. The molecule has 0 heterocycles. The van der Waals surface area contributed by atoms with Crippen LogP contribution in [0.25, 0.3) is 0 Å². The van der Waals surface area contributed by atoms with Gasteiger partial charge in [0, 0.05) is 17.6 Å². The van der Waals surface area contributed by atoms with Crippen molar-refractivity contribution in [2.24, 2.45) is 0 Å². The van der Waals surface area contributed by atoms with E-state index in [2.05, 4.69) is 5.32 Å². The summed E-state index contributed by atoms with van der Waals surface area (Å²) in [6.45, 7) is 6.79. The topological polar surface area (TPSA) is 96.0 Å². The van der Waals surface area contributed by atoms with E-state index < -0.39 is 28.5 Å². The van der Waals surface area contributed by atoms with Gasteiger partial charge in [0.25, 0.3) is 10.0 Å². The zero-order chi connectivity index (χ0) is 29.4. The van der Waals surface area contributed by atoms with Crippen molar-refractivity contribution in [2.45, 2.75) is 57.6 Å².